The van der Waals surface area contributed by atoms with Crippen LogP contribution in [-0.4, -0.2) is 29.0 Å². The number of nitrogens with zero attached hydrogens (tertiary/aromatic N) is 1. The molecule has 0 radical (unpaired) electrons. The summed E-state index contributed by atoms with van der Waals surface area (Å²) in [5.41, 5.74) is 1.68. The standard InChI is InChI=1S/C21H22N2O4/c1-15(21(25)23-17-8-9-17)27-20(24)12-7-16-5-10-19(11-6-16)26-14-18-4-2-3-13-22-18/h2-7,10-13,15,17H,8-9,14H2,1H3,(H,23,25)/b12-7+. The molecule has 1 atom stereocenters. The molecule has 27 heavy (non-hydrogen) atoms. The molecular formula is C21H22N2O4. The lowest BCUT2D eigenvalue weighted by Gasteiger charge is -2.11. The first-order valence-corrected chi connectivity index (χ1v) is 8.92. The van der Waals surface area contributed by atoms with E-state index in [2.05, 4.69) is 10.3 Å². The average Bonchev–Trinajstić information content (AvgIpc) is 3.50. The summed E-state index contributed by atoms with van der Waals surface area (Å²) in [6.45, 7) is 1.96. The van der Waals surface area contributed by atoms with Crippen molar-refractivity contribution in [3.8, 4) is 5.75 Å². The summed E-state index contributed by atoms with van der Waals surface area (Å²) in [4.78, 5) is 27.8. The summed E-state index contributed by atoms with van der Waals surface area (Å²) in [6.07, 6.45) is 5.86. The number of carbonyl (C=O) groups excluding carboxylic acids is 2. The lowest BCUT2D eigenvalue weighted by Crippen LogP contribution is -2.36. The molecule has 0 bridgehead atoms. The predicted octanol–water partition coefficient (Wildman–Crippen LogP) is 2.88. The van der Waals surface area contributed by atoms with Crippen LogP contribution in [0.15, 0.2) is 54.7 Å². The van der Waals surface area contributed by atoms with Crippen molar-refractivity contribution >= 4 is 18.0 Å². The van der Waals surface area contributed by atoms with Crippen molar-refractivity contribution in [2.45, 2.75) is 38.5 Å². The molecule has 0 spiro atoms. The van der Waals surface area contributed by atoms with Crippen LogP contribution < -0.4 is 10.1 Å². The van der Waals surface area contributed by atoms with Crippen molar-refractivity contribution in [1.82, 2.24) is 10.3 Å². The molecule has 1 heterocycles. The van der Waals surface area contributed by atoms with Crippen molar-refractivity contribution in [2.75, 3.05) is 0 Å². The number of benzene rings is 1. The van der Waals surface area contributed by atoms with E-state index in [-0.39, 0.29) is 11.9 Å². The van der Waals surface area contributed by atoms with Crippen LogP contribution in [0.4, 0.5) is 0 Å². The van der Waals surface area contributed by atoms with Crippen LogP contribution in [0.25, 0.3) is 6.08 Å². The molecule has 1 aliphatic rings. The number of esters is 1. The van der Waals surface area contributed by atoms with Gasteiger partial charge >= 0.3 is 5.97 Å². The molecule has 140 valence electrons. The van der Waals surface area contributed by atoms with E-state index in [1.165, 1.54) is 6.08 Å². The van der Waals surface area contributed by atoms with Gasteiger partial charge in [0.05, 0.1) is 5.69 Å². The summed E-state index contributed by atoms with van der Waals surface area (Å²) in [5.74, 6) is -0.0941. The third-order valence-corrected chi connectivity index (χ3v) is 3.99. The number of aromatic nitrogens is 1. The molecule has 0 aliphatic heterocycles. The van der Waals surface area contributed by atoms with Crippen LogP contribution >= 0.6 is 0 Å². The van der Waals surface area contributed by atoms with Gasteiger partial charge in [-0.3, -0.25) is 9.78 Å². The Morgan fingerprint density at radius 2 is 2.00 bits per heavy atom. The quantitative estimate of drug-likeness (QED) is 0.574. The molecule has 2 aromatic rings. The van der Waals surface area contributed by atoms with Crippen molar-refractivity contribution in [3.63, 3.8) is 0 Å². The zero-order chi connectivity index (χ0) is 19.1. The highest BCUT2D eigenvalue weighted by Gasteiger charge is 2.26. The second-order valence-corrected chi connectivity index (χ2v) is 6.37. The number of ether oxygens (including phenoxy) is 2. The maximum atomic E-state index is 11.8. The van der Waals surface area contributed by atoms with E-state index in [0.717, 1.165) is 24.1 Å². The molecule has 1 saturated carbocycles. The summed E-state index contributed by atoms with van der Waals surface area (Å²) >= 11 is 0. The Labute approximate surface area is 158 Å². The summed E-state index contributed by atoms with van der Waals surface area (Å²) in [5, 5.41) is 2.80. The summed E-state index contributed by atoms with van der Waals surface area (Å²) < 4.78 is 10.8. The SMILES string of the molecule is CC(OC(=O)/C=C/c1ccc(OCc2ccccn2)cc1)C(=O)NC1CC1. The maximum Gasteiger partial charge on any atom is 0.331 e. The highest BCUT2D eigenvalue weighted by molar-refractivity contribution is 5.90. The zero-order valence-electron chi connectivity index (χ0n) is 15.1. The smallest absolute Gasteiger partial charge is 0.331 e. The van der Waals surface area contributed by atoms with Gasteiger partial charge in [-0.05, 0) is 55.7 Å². The predicted molar refractivity (Wildman–Crippen MR) is 101 cm³/mol. The summed E-state index contributed by atoms with van der Waals surface area (Å²) in [6, 6.07) is 13.2. The van der Waals surface area contributed by atoms with Gasteiger partial charge in [0.25, 0.3) is 5.91 Å². The van der Waals surface area contributed by atoms with Crippen LogP contribution in [0.2, 0.25) is 0 Å². The first-order chi connectivity index (χ1) is 13.1. The van der Waals surface area contributed by atoms with Crippen molar-refractivity contribution in [1.29, 1.82) is 0 Å². The van der Waals surface area contributed by atoms with Gasteiger partial charge < -0.3 is 14.8 Å². The first kappa shape index (κ1) is 18.6. The van der Waals surface area contributed by atoms with E-state index < -0.39 is 12.1 Å². The molecule has 1 aromatic heterocycles. The Kier molecular flexibility index (Phi) is 6.20. The van der Waals surface area contributed by atoms with Gasteiger partial charge in [0.15, 0.2) is 6.10 Å². The number of hydrogen-bond donors (Lipinski definition) is 1. The topological polar surface area (TPSA) is 77.5 Å². The van der Waals surface area contributed by atoms with E-state index in [1.807, 2.05) is 42.5 Å². The molecule has 1 N–H and O–H groups in total. The third-order valence-electron chi connectivity index (χ3n) is 3.99. The minimum absolute atomic E-state index is 0.243. The van der Waals surface area contributed by atoms with Gasteiger partial charge in [-0.2, -0.15) is 0 Å². The van der Waals surface area contributed by atoms with Crippen LogP contribution in [0.5, 0.6) is 5.75 Å². The Bertz CT molecular complexity index is 799. The van der Waals surface area contributed by atoms with Gasteiger partial charge in [-0.25, -0.2) is 4.79 Å². The fourth-order valence-electron chi connectivity index (χ4n) is 2.29. The molecule has 0 saturated heterocycles. The monoisotopic (exact) mass is 366 g/mol. The second kappa shape index (κ2) is 8.98. The molecule has 3 rings (SSSR count). The van der Waals surface area contributed by atoms with Gasteiger partial charge in [0.2, 0.25) is 0 Å². The van der Waals surface area contributed by atoms with E-state index in [4.69, 9.17) is 9.47 Å². The molecule has 1 amide bonds. The highest BCUT2D eigenvalue weighted by Crippen LogP contribution is 2.19. The Morgan fingerprint density at radius 1 is 1.22 bits per heavy atom. The minimum Gasteiger partial charge on any atom is -0.487 e. The molecular weight excluding hydrogens is 344 g/mol. The Morgan fingerprint density at radius 3 is 2.67 bits per heavy atom. The Balaban J connectivity index is 1.45. The van der Waals surface area contributed by atoms with Crippen molar-refractivity contribution < 1.29 is 19.1 Å². The van der Waals surface area contributed by atoms with E-state index in [9.17, 15) is 9.59 Å². The zero-order valence-corrected chi connectivity index (χ0v) is 15.1. The maximum absolute atomic E-state index is 11.8. The minimum atomic E-state index is -0.801. The van der Waals surface area contributed by atoms with E-state index in [1.54, 1.807) is 19.2 Å². The van der Waals surface area contributed by atoms with Crippen LogP contribution in [0.3, 0.4) is 0 Å². The third kappa shape index (κ3) is 6.26. The number of nitrogens with one attached hydrogen (secondary N) is 1. The number of pyridine rings is 1. The van der Waals surface area contributed by atoms with Gasteiger partial charge in [0, 0.05) is 18.3 Å². The van der Waals surface area contributed by atoms with Crippen LogP contribution in [0.1, 0.15) is 31.0 Å². The van der Waals surface area contributed by atoms with E-state index >= 15 is 0 Å². The van der Waals surface area contributed by atoms with Gasteiger partial charge in [0.1, 0.15) is 12.4 Å². The summed E-state index contributed by atoms with van der Waals surface area (Å²) in [7, 11) is 0. The van der Waals surface area contributed by atoms with Gasteiger partial charge in [-0.15, -0.1) is 0 Å². The molecule has 1 unspecified atom stereocenters. The van der Waals surface area contributed by atoms with E-state index in [0.29, 0.717) is 12.4 Å². The normalized spacial score (nSPS) is 14.6. The fraction of sp³-hybridized carbons (Fsp3) is 0.286. The molecule has 1 fully saturated rings. The number of rotatable bonds is 8. The number of carbonyl (C=O) groups is 2. The second-order valence-electron chi connectivity index (χ2n) is 6.37. The molecule has 1 aliphatic carbocycles. The molecule has 1 aromatic carbocycles. The lowest BCUT2D eigenvalue weighted by molar-refractivity contribution is -0.150. The van der Waals surface area contributed by atoms with Crippen molar-refractivity contribution in [3.05, 3.63) is 66.0 Å². The van der Waals surface area contributed by atoms with Crippen LogP contribution in [0, 0.1) is 0 Å². The first-order valence-electron chi connectivity index (χ1n) is 8.92. The van der Waals surface area contributed by atoms with Crippen molar-refractivity contribution in [2.24, 2.45) is 0 Å². The molecule has 6 nitrogen and oxygen atoms in total. The Hall–Kier alpha value is -3.15. The van der Waals surface area contributed by atoms with Crippen LogP contribution in [-0.2, 0) is 20.9 Å². The average molecular weight is 366 g/mol. The lowest BCUT2D eigenvalue weighted by atomic mass is 10.2. The fourth-order valence-corrected chi connectivity index (χ4v) is 2.29. The highest BCUT2D eigenvalue weighted by atomic mass is 16.5. The number of amides is 1. The van der Waals surface area contributed by atoms with Gasteiger partial charge in [-0.1, -0.05) is 18.2 Å². The largest absolute Gasteiger partial charge is 0.487 e. The molecule has 6 heteroatoms. The number of hydrogen-bond acceptors (Lipinski definition) is 5.